The molecule has 0 spiro atoms. The molecule has 0 saturated heterocycles. The average Bonchev–Trinajstić information content (AvgIpc) is 3.19. The molecule has 4 rings (SSSR count). The van der Waals surface area contributed by atoms with Crippen LogP contribution in [-0.4, -0.2) is 33.1 Å². The molecule has 0 aliphatic carbocycles. The second-order valence-electron chi connectivity index (χ2n) is 6.84. The Bertz CT molecular complexity index is 1250. The highest BCUT2D eigenvalue weighted by molar-refractivity contribution is 5.99. The van der Waals surface area contributed by atoms with Gasteiger partial charge in [-0.3, -0.25) is 9.59 Å². The van der Waals surface area contributed by atoms with Crippen molar-refractivity contribution < 1.29 is 18.9 Å². The van der Waals surface area contributed by atoms with Crippen LogP contribution < -0.4 is 10.6 Å². The third-order valence-electron chi connectivity index (χ3n) is 4.81. The van der Waals surface area contributed by atoms with Crippen LogP contribution in [-0.2, 0) is 11.2 Å². The van der Waals surface area contributed by atoms with Crippen molar-refractivity contribution in [3.05, 3.63) is 82.3 Å². The van der Waals surface area contributed by atoms with Gasteiger partial charge >= 0.3 is 5.82 Å². The number of carbonyl (C=O) groups is 2. The fourth-order valence-corrected chi connectivity index (χ4v) is 3.40. The quantitative estimate of drug-likeness (QED) is 0.373. The summed E-state index contributed by atoms with van der Waals surface area (Å²) in [5.41, 5.74) is 2.38. The smallest absolute Gasteiger partial charge is 0.358 e. The highest BCUT2D eigenvalue weighted by atomic mass is 19.1. The highest BCUT2D eigenvalue weighted by Crippen LogP contribution is 2.32. The molecule has 9 nitrogen and oxygen atoms in total. The van der Waals surface area contributed by atoms with Crippen molar-refractivity contribution in [2.45, 2.75) is 6.42 Å². The molecular weight excluding hydrogens is 405 g/mol. The first kappa shape index (κ1) is 20.0. The van der Waals surface area contributed by atoms with Gasteiger partial charge in [-0.2, -0.15) is 0 Å². The number of carbonyl (C=O) groups excluding carboxylic acids is 2. The number of amides is 2. The first-order chi connectivity index (χ1) is 14.9. The molecule has 2 N–H and O–H groups in total. The number of hydrogen-bond acceptors (Lipinski definition) is 5. The Morgan fingerprint density at radius 1 is 1.29 bits per heavy atom. The first-order valence-electron chi connectivity index (χ1n) is 9.25. The van der Waals surface area contributed by atoms with Gasteiger partial charge in [0.1, 0.15) is 11.4 Å². The number of nitro groups is 1. The van der Waals surface area contributed by atoms with Crippen molar-refractivity contribution in [3.8, 4) is 16.8 Å². The lowest BCUT2D eigenvalue weighted by atomic mass is 9.96. The second-order valence-corrected chi connectivity index (χ2v) is 6.84. The molecule has 0 fully saturated rings. The molecule has 2 heterocycles. The molecule has 0 saturated carbocycles. The molecule has 0 radical (unpaired) electrons. The molecular formula is C21H16FN5O4. The number of benzene rings is 2. The van der Waals surface area contributed by atoms with Gasteiger partial charge in [-0.25, -0.2) is 4.39 Å². The van der Waals surface area contributed by atoms with Crippen LogP contribution in [0.15, 0.2) is 55.3 Å². The number of aromatic nitrogens is 2. The van der Waals surface area contributed by atoms with Gasteiger partial charge in [0.05, 0.1) is 17.0 Å². The normalized spacial score (nSPS) is 12.6. The van der Waals surface area contributed by atoms with Crippen LogP contribution in [0.4, 0.5) is 15.9 Å². The molecule has 1 aliphatic heterocycles. The Morgan fingerprint density at radius 3 is 2.84 bits per heavy atom. The molecule has 31 heavy (non-hydrogen) atoms. The zero-order valence-corrected chi connectivity index (χ0v) is 16.1. The lowest BCUT2D eigenvalue weighted by Gasteiger charge is -2.16. The minimum atomic E-state index is -0.656. The number of nitrogens with zero attached hydrogens (tertiary/aromatic N) is 3. The van der Waals surface area contributed by atoms with E-state index in [1.165, 1.54) is 16.9 Å². The number of fused-ring (bicyclic) bond motifs is 1. The van der Waals surface area contributed by atoms with Crippen molar-refractivity contribution in [1.29, 1.82) is 0 Å². The van der Waals surface area contributed by atoms with Crippen LogP contribution in [0.2, 0.25) is 0 Å². The van der Waals surface area contributed by atoms with E-state index in [4.69, 9.17) is 0 Å². The first-order valence-corrected chi connectivity index (χ1v) is 9.25. The molecule has 156 valence electrons. The van der Waals surface area contributed by atoms with Crippen molar-refractivity contribution in [1.82, 2.24) is 15.1 Å². The van der Waals surface area contributed by atoms with Gasteiger partial charge in [-0.05, 0) is 52.8 Å². The third-order valence-corrected chi connectivity index (χ3v) is 4.81. The Kier molecular flexibility index (Phi) is 5.04. The predicted octanol–water partition coefficient (Wildman–Crippen LogP) is 3.00. The number of halogens is 1. The van der Waals surface area contributed by atoms with E-state index in [0.29, 0.717) is 24.1 Å². The third kappa shape index (κ3) is 3.90. The molecule has 0 unspecified atom stereocenters. The lowest BCUT2D eigenvalue weighted by Crippen LogP contribution is -2.31. The van der Waals surface area contributed by atoms with Crippen LogP contribution >= 0.6 is 0 Å². The van der Waals surface area contributed by atoms with Gasteiger partial charge < -0.3 is 20.7 Å². The molecule has 2 amide bonds. The minimum absolute atomic E-state index is 0.152. The predicted molar refractivity (Wildman–Crippen MR) is 110 cm³/mol. The van der Waals surface area contributed by atoms with Crippen LogP contribution in [0.3, 0.4) is 0 Å². The van der Waals surface area contributed by atoms with Crippen molar-refractivity contribution >= 4 is 23.3 Å². The summed E-state index contributed by atoms with van der Waals surface area (Å²) in [5.74, 6) is -1.79. The van der Waals surface area contributed by atoms with Crippen molar-refractivity contribution in [2.75, 3.05) is 11.9 Å². The van der Waals surface area contributed by atoms with Crippen LogP contribution in [0.25, 0.3) is 16.8 Å². The largest absolute Gasteiger partial charge is 0.398 e. The number of rotatable bonds is 5. The SMILES string of the molecule is C=CC(=O)Nc1cc(F)cc(-n2cc(-c3ccc4c(c3)CCNC4=O)c([N+](=O)[O-])n2)c1. The van der Waals surface area contributed by atoms with Crippen molar-refractivity contribution in [2.24, 2.45) is 0 Å². The number of anilines is 1. The fraction of sp³-hybridized carbons (Fsp3) is 0.0952. The van der Waals surface area contributed by atoms with Crippen LogP contribution in [0.1, 0.15) is 15.9 Å². The summed E-state index contributed by atoms with van der Waals surface area (Å²) in [5, 5.41) is 20.8. The number of nitrogens with one attached hydrogen (secondary N) is 2. The maximum atomic E-state index is 14.1. The standard InChI is InChI=1S/C21H16FN5O4/c1-2-19(28)24-15-8-14(22)9-16(10-15)26-11-18(20(25-26)27(30)31)12-3-4-17-13(7-12)5-6-23-21(17)29/h2-4,7-11H,1,5-6H2,(H,23,29)(H,24,28). The molecule has 0 atom stereocenters. The van der Waals surface area contributed by atoms with Gasteiger partial charge in [-0.15, -0.1) is 4.68 Å². The zero-order valence-electron chi connectivity index (χ0n) is 16.1. The summed E-state index contributed by atoms with van der Waals surface area (Å²) in [6, 6.07) is 8.64. The summed E-state index contributed by atoms with van der Waals surface area (Å²) in [7, 11) is 0. The molecule has 10 heteroatoms. The van der Waals surface area contributed by atoms with Crippen LogP contribution in [0.5, 0.6) is 0 Å². The van der Waals surface area contributed by atoms with E-state index in [-0.39, 0.29) is 22.8 Å². The summed E-state index contributed by atoms with van der Waals surface area (Å²) < 4.78 is 15.3. The van der Waals surface area contributed by atoms with E-state index < -0.39 is 22.5 Å². The summed E-state index contributed by atoms with van der Waals surface area (Å²) in [4.78, 5) is 34.5. The summed E-state index contributed by atoms with van der Waals surface area (Å²) >= 11 is 0. The van der Waals surface area contributed by atoms with E-state index in [0.717, 1.165) is 23.8 Å². The van der Waals surface area contributed by atoms with Gasteiger partial charge in [0.25, 0.3) is 5.91 Å². The van der Waals surface area contributed by atoms with E-state index in [1.807, 2.05) is 0 Å². The van der Waals surface area contributed by atoms with Gasteiger partial charge in [0.2, 0.25) is 5.91 Å². The van der Waals surface area contributed by atoms with E-state index >= 15 is 0 Å². The van der Waals surface area contributed by atoms with Crippen molar-refractivity contribution in [3.63, 3.8) is 0 Å². The topological polar surface area (TPSA) is 119 Å². The Hall–Kier alpha value is -4.34. The number of hydrogen-bond donors (Lipinski definition) is 2. The van der Waals surface area contributed by atoms with Crippen LogP contribution in [0, 0.1) is 15.9 Å². The summed E-state index contributed by atoms with van der Waals surface area (Å²) in [6.45, 7) is 3.82. The van der Waals surface area contributed by atoms with Gasteiger partial charge in [-0.1, -0.05) is 12.6 Å². The average molecular weight is 421 g/mol. The molecule has 0 bridgehead atoms. The molecule has 2 aromatic carbocycles. The van der Waals surface area contributed by atoms with E-state index in [9.17, 15) is 24.1 Å². The Balaban J connectivity index is 1.79. The lowest BCUT2D eigenvalue weighted by molar-refractivity contribution is -0.389. The second kappa shape index (κ2) is 7.82. The summed E-state index contributed by atoms with van der Waals surface area (Å²) in [6.07, 6.45) is 3.06. The molecule has 3 aromatic rings. The van der Waals surface area contributed by atoms with Gasteiger partial charge in [0, 0.05) is 23.9 Å². The maximum absolute atomic E-state index is 14.1. The fourth-order valence-electron chi connectivity index (χ4n) is 3.40. The zero-order chi connectivity index (χ0) is 22.1. The Labute approximate surface area is 175 Å². The molecule has 1 aromatic heterocycles. The van der Waals surface area contributed by atoms with E-state index in [1.54, 1.807) is 18.2 Å². The minimum Gasteiger partial charge on any atom is -0.358 e. The Morgan fingerprint density at radius 2 is 2.10 bits per heavy atom. The van der Waals surface area contributed by atoms with Gasteiger partial charge in [0.15, 0.2) is 0 Å². The maximum Gasteiger partial charge on any atom is 0.398 e. The molecule has 1 aliphatic rings. The monoisotopic (exact) mass is 421 g/mol. The van der Waals surface area contributed by atoms with E-state index in [2.05, 4.69) is 22.3 Å². The highest BCUT2D eigenvalue weighted by Gasteiger charge is 2.25.